The minimum absolute atomic E-state index is 0.931. The maximum atomic E-state index is 4.06. The van der Waals surface area contributed by atoms with Crippen LogP contribution in [0.5, 0.6) is 0 Å². The summed E-state index contributed by atoms with van der Waals surface area (Å²) in [5, 5.41) is 10.2. The quantitative estimate of drug-likeness (QED) is 0.602. The van der Waals surface area contributed by atoms with Crippen LogP contribution in [0.4, 0.5) is 5.69 Å². The highest BCUT2D eigenvalue weighted by molar-refractivity contribution is 5.92. The molecule has 2 rings (SSSR count). The van der Waals surface area contributed by atoms with Crippen molar-refractivity contribution >= 4 is 16.5 Å². The Morgan fingerprint density at radius 3 is 2.27 bits per heavy atom. The van der Waals surface area contributed by atoms with Gasteiger partial charge in [-0.1, -0.05) is 50.2 Å². The Morgan fingerprint density at radius 2 is 1.53 bits per heavy atom. The van der Waals surface area contributed by atoms with E-state index in [0.29, 0.717) is 0 Å². The van der Waals surface area contributed by atoms with Gasteiger partial charge in [0.2, 0.25) is 0 Å². The van der Waals surface area contributed by atoms with Crippen LogP contribution in [0.2, 0.25) is 0 Å². The van der Waals surface area contributed by atoms with Gasteiger partial charge in [-0.25, -0.2) is 0 Å². The Hall–Kier alpha value is -1.70. The van der Waals surface area contributed by atoms with Crippen LogP contribution < -0.4 is 0 Å². The molecule has 0 bridgehead atoms. The summed E-state index contributed by atoms with van der Waals surface area (Å²) in [4.78, 5) is 0. The molecular formula is C13H16N2. The molecule has 0 fully saturated rings. The van der Waals surface area contributed by atoms with Crippen molar-refractivity contribution in [2.75, 3.05) is 7.05 Å². The van der Waals surface area contributed by atoms with Gasteiger partial charge in [-0.2, -0.15) is 10.2 Å². The van der Waals surface area contributed by atoms with Gasteiger partial charge in [0.25, 0.3) is 0 Å². The van der Waals surface area contributed by atoms with Gasteiger partial charge in [0, 0.05) is 12.4 Å². The van der Waals surface area contributed by atoms with E-state index in [0.717, 1.165) is 11.1 Å². The Morgan fingerprint density at radius 1 is 0.867 bits per heavy atom. The molecule has 0 saturated heterocycles. The maximum absolute atomic E-state index is 4.06. The van der Waals surface area contributed by atoms with Crippen molar-refractivity contribution in [2.24, 2.45) is 10.2 Å². The highest BCUT2D eigenvalue weighted by Gasteiger charge is 1.96. The molecule has 0 aliphatic heterocycles. The smallest absolute Gasteiger partial charge is 0.0930 e. The Bertz CT molecular complexity index is 442. The van der Waals surface area contributed by atoms with Crippen LogP contribution in [0.3, 0.4) is 0 Å². The molecule has 0 radical (unpaired) electrons. The first-order valence-electron chi connectivity index (χ1n) is 5.19. The molecule has 0 heterocycles. The predicted octanol–water partition coefficient (Wildman–Crippen LogP) is 4.58. The number of benzene rings is 2. The van der Waals surface area contributed by atoms with Gasteiger partial charge in [-0.3, -0.25) is 0 Å². The van der Waals surface area contributed by atoms with Crippen LogP contribution in [-0.4, -0.2) is 7.05 Å². The summed E-state index contributed by atoms with van der Waals surface area (Å²) in [6, 6.07) is 14.2. The van der Waals surface area contributed by atoms with Gasteiger partial charge >= 0.3 is 0 Å². The van der Waals surface area contributed by atoms with E-state index in [1.165, 1.54) is 5.39 Å². The molecule has 78 valence electrons. The fourth-order valence-electron chi connectivity index (χ4n) is 1.40. The van der Waals surface area contributed by atoms with Gasteiger partial charge in [-0.15, -0.1) is 0 Å². The summed E-state index contributed by atoms with van der Waals surface area (Å²) < 4.78 is 0. The van der Waals surface area contributed by atoms with Crippen molar-refractivity contribution < 1.29 is 0 Å². The van der Waals surface area contributed by atoms with E-state index in [1.54, 1.807) is 7.05 Å². The molecule has 0 atom stereocenters. The number of hydrogen-bond donors (Lipinski definition) is 0. The van der Waals surface area contributed by atoms with Gasteiger partial charge in [0.15, 0.2) is 0 Å². The molecule has 2 heteroatoms. The SMILES string of the molecule is CC.CN=Nc1cccc2ccccc12. The predicted molar refractivity (Wildman–Crippen MR) is 65.7 cm³/mol. The lowest BCUT2D eigenvalue weighted by Gasteiger charge is -1.98. The number of hydrogen-bond acceptors (Lipinski definition) is 2. The maximum Gasteiger partial charge on any atom is 0.0930 e. The monoisotopic (exact) mass is 200 g/mol. The molecule has 0 aromatic heterocycles. The largest absolute Gasteiger partial charge is 0.192 e. The van der Waals surface area contributed by atoms with Crippen molar-refractivity contribution in [1.29, 1.82) is 0 Å². The number of azo groups is 1. The van der Waals surface area contributed by atoms with Crippen molar-refractivity contribution in [3.8, 4) is 0 Å². The third-order valence-electron chi connectivity index (χ3n) is 1.97. The Labute approximate surface area is 90.7 Å². The zero-order chi connectivity index (χ0) is 11.1. The minimum Gasteiger partial charge on any atom is -0.192 e. The van der Waals surface area contributed by atoms with Gasteiger partial charge < -0.3 is 0 Å². The summed E-state index contributed by atoms with van der Waals surface area (Å²) in [7, 11) is 1.68. The van der Waals surface area contributed by atoms with E-state index in [2.05, 4.69) is 28.4 Å². The highest BCUT2D eigenvalue weighted by atomic mass is 15.1. The highest BCUT2D eigenvalue weighted by Crippen LogP contribution is 2.25. The summed E-state index contributed by atoms with van der Waals surface area (Å²) in [6.07, 6.45) is 0. The average Bonchev–Trinajstić information content (AvgIpc) is 2.33. The number of fused-ring (bicyclic) bond motifs is 1. The third kappa shape index (κ3) is 2.62. The molecule has 0 aliphatic carbocycles. The lowest BCUT2D eigenvalue weighted by atomic mass is 10.1. The fraction of sp³-hybridized carbons (Fsp3) is 0.231. The van der Waals surface area contributed by atoms with Crippen LogP contribution in [0.15, 0.2) is 52.7 Å². The van der Waals surface area contributed by atoms with E-state index in [4.69, 9.17) is 0 Å². The van der Waals surface area contributed by atoms with E-state index in [1.807, 2.05) is 38.1 Å². The molecular weight excluding hydrogens is 184 g/mol. The molecule has 0 N–H and O–H groups in total. The molecule has 0 unspecified atom stereocenters. The Balaban J connectivity index is 0.000000531. The molecule has 2 aromatic rings. The minimum atomic E-state index is 0.931. The van der Waals surface area contributed by atoms with Crippen molar-refractivity contribution in [1.82, 2.24) is 0 Å². The van der Waals surface area contributed by atoms with Crippen LogP contribution in [0.25, 0.3) is 10.8 Å². The third-order valence-corrected chi connectivity index (χ3v) is 1.97. The first kappa shape index (κ1) is 11.4. The van der Waals surface area contributed by atoms with Crippen molar-refractivity contribution in [3.63, 3.8) is 0 Å². The summed E-state index contributed by atoms with van der Waals surface area (Å²) in [6.45, 7) is 4.00. The zero-order valence-corrected chi connectivity index (χ0v) is 9.44. The first-order chi connectivity index (χ1) is 7.42. The molecule has 0 amide bonds. The first-order valence-corrected chi connectivity index (χ1v) is 5.19. The average molecular weight is 200 g/mol. The fourth-order valence-corrected chi connectivity index (χ4v) is 1.40. The summed E-state index contributed by atoms with van der Waals surface area (Å²) in [5.74, 6) is 0. The molecule has 0 spiro atoms. The van der Waals surface area contributed by atoms with Gasteiger partial charge in [-0.05, 0) is 11.5 Å². The second-order valence-corrected chi connectivity index (χ2v) is 2.80. The van der Waals surface area contributed by atoms with E-state index < -0.39 is 0 Å². The normalized spacial score (nSPS) is 10.1. The number of rotatable bonds is 1. The molecule has 2 aromatic carbocycles. The van der Waals surface area contributed by atoms with E-state index in [-0.39, 0.29) is 0 Å². The lowest BCUT2D eigenvalue weighted by Crippen LogP contribution is -1.71. The van der Waals surface area contributed by atoms with Crippen LogP contribution in [0, 0.1) is 0 Å². The van der Waals surface area contributed by atoms with Gasteiger partial charge in [0.05, 0.1) is 5.69 Å². The molecule has 2 nitrogen and oxygen atoms in total. The van der Waals surface area contributed by atoms with Crippen LogP contribution >= 0.6 is 0 Å². The van der Waals surface area contributed by atoms with E-state index in [9.17, 15) is 0 Å². The summed E-state index contributed by atoms with van der Waals surface area (Å²) >= 11 is 0. The standard InChI is InChI=1S/C11H10N2.C2H6/c1-12-13-11-8-4-6-9-5-2-3-7-10(9)11;1-2/h2-8H,1H3;1-2H3. The van der Waals surface area contributed by atoms with Crippen molar-refractivity contribution in [2.45, 2.75) is 13.8 Å². The second kappa shape index (κ2) is 5.91. The summed E-state index contributed by atoms with van der Waals surface area (Å²) in [5.41, 5.74) is 0.931. The second-order valence-electron chi connectivity index (χ2n) is 2.80. The Kier molecular flexibility index (Phi) is 4.48. The van der Waals surface area contributed by atoms with Gasteiger partial charge in [0.1, 0.15) is 0 Å². The van der Waals surface area contributed by atoms with Crippen LogP contribution in [-0.2, 0) is 0 Å². The molecule has 0 aliphatic rings. The number of nitrogens with zero attached hydrogens (tertiary/aromatic N) is 2. The molecule has 15 heavy (non-hydrogen) atoms. The zero-order valence-electron chi connectivity index (χ0n) is 9.44. The van der Waals surface area contributed by atoms with Crippen LogP contribution in [0.1, 0.15) is 13.8 Å². The van der Waals surface area contributed by atoms with Crippen molar-refractivity contribution in [3.05, 3.63) is 42.5 Å². The lowest BCUT2D eigenvalue weighted by molar-refractivity contribution is 1.18. The van der Waals surface area contributed by atoms with E-state index >= 15 is 0 Å². The topological polar surface area (TPSA) is 24.7 Å². The molecule has 0 saturated carbocycles.